The van der Waals surface area contributed by atoms with Crippen LogP contribution in [0.3, 0.4) is 0 Å². The second-order valence-corrected chi connectivity index (χ2v) is 4.61. The summed E-state index contributed by atoms with van der Waals surface area (Å²) in [4.78, 5) is 23.0. The van der Waals surface area contributed by atoms with E-state index in [2.05, 4.69) is 34.3 Å². The van der Waals surface area contributed by atoms with Crippen LogP contribution in [0, 0.1) is 23.7 Å². The molecule has 7 heteroatoms. The molecule has 2 amide bonds. The van der Waals surface area contributed by atoms with Crippen LogP contribution >= 0.6 is 0 Å². The summed E-state index contributed by atoms with van der Waals surface area (Å²) in [6, 6.07) is 3.63. The molecule has 4 nitrogen and oxygen atoms in total. The van der Waals surface area contributed by atoms with Crippen molar-refractivity contribution in [1.82, 2.24) is 10.6 Å². The Balaban J connectivity index is 3.06. The molecule has 0 unspecified atom stereocenters. The van der Waals surface area contributed by atoms with Gasteiger partial charge in [0.2, 0.25) is 0 Å². The molecule has 0 saturated carbocycles. The maximum Gasteiger partial charge on any atom is 0.416 e. The predicted molar refractivity (Wildman–Crippen MR) is 82.2 cm³/mol. The van der Waals surface area contributed by atoms with E-state index in [1.165, 1.54) is 26.0 Å². The predicted octanol–water partition coefficient (Wildman–Crippen LogP) is 2.03. The van der Waals surface area contributed by atoms with E-state index < -0.39 is 29.6 Å². The third-order valence-electron chi connectivity index (χ3n) is 2.87. The molecule has 1 aromatic carbocycles. The maximum atomic E-state index is 12.8. The Bertz CT molecular complexity index is 734. The largest absolute Gasteiger partial charge is 0.416 e. The molecule has 0 aliphatic carbocycles. The van der Waals surface area contributed by atoms with E-state index in [1.807, 2.05) is 0 Å². The molecule has 1 atom stereocenters. The van der Waals surface area contributed by atoms with Crippen LogP contribution in [0.1, 0.15) is 31.0 Å². The number of benzene rings is 1. The van der Waals surface area contributed by atoms with Crippen molar-refractivity contribution in [2.24, 2.45) is 0 Å². The summed E-state index contributed by atoms with van der Waals surface area (Å²) in [5.74, 6) is 8.03. The van der Waals surface area contributed by atoms with E-state index in [0.717, 1.165) is 12.1 Å². The average molecular weight is 336 g/mol. The van der Waals surface area contributed by atoms with Gasteiger partial charge < -0.3 is 10.6 Å². The van der Waals surface area contributed by atoms with Gasteiger partial charge in [0.25, 0.3) is 11.8 Å². The Morgan fingerprint density at radius 3 is 2.33 bits per heavy atom. The first-order valence-electron chi connectivity index (χ1n) is 6.89. The molecule has 24 heavy (non-hydrogen) atoms. The Labute approximate surface area is 137 Å². The Morgan fingerprint density at radius 2 is 1.75 bits per heavy atom. The first-order valence-corrected chi connectivity index (χ1v) is 6.89. The standard InChI is InChI=1S/C17H15F3N2O2/c1-3-6-15(23)21-11-14(22-16(24)7-4-2)12-8-5-9-13(10-12)17(18,19)20/h5,8-10,14H,11H2,1-2H3,(H,21,23)(H,22,24)/t14-/m0/s1. The summed E-state index contributed by atoms with van der Waals surface area (Å²) >= 11 is 0. The van der Waals surface area contributed by atoms with Gasteiger partial charge >= 0.3 is 6.18 Å². The number of carbonyl (C=O) groups excluding carboxylic acids is 2. The van der Waals surface area contributed by atoms with E-state index in [0.29, 0.717) is 0 Å². The minimum atomic E-state index is -4.51. The van der Waals surface area contributed by atoms with Crippen LogP contribution in [0.25, 0.3) is 0 Å². The smallest absolute Gasteiger partial charge is 0.343 e. The normalized spacial score (nSPS) is 11.2. The number of rotatable bonds is 4. The number of hydrogen-bond acceptors (Lipinski definition) is 2. The lowest BCUT2D eigenvalue weighted by atomic mass is 10.0. The summed E-state index contributed by atoms with van der Waals surface area (Å²) in [6.07, 6.45) is -4.51. The van der Waals surface area contributed by atoms with Crippen molar-refractivity contribution < 1.29 is 22.8 Å². The van der Waals surface area contributed by atoms with E-state index in [4.69, 9.17) is 0 Å². The highest BCUT2D eigenvalue weighted by molar-refractivity contribution is 5.94. The fourth-order valence-electron chi connectivity index (χ4n) is 1.84. The van der Waals surface area contributed by atoms with Crippen molar-refractivity contribution in [3.05, 3.63) is 35.4 Å². The lowest BCUT2D eigenvalue weighted by Crippen LogP contribution is -2.37. The topological polar surface area (TPSA) is 58.2 Å². The number of amides is 2. The minimum Gasteiger partial charge on any atom is -0.343 e. The van der Waals surface area contributed by atoms with Crippen molar-refractivity contribution in [2.75, 3.05) is 6.54 Å². The second-order valence-electron chi connectivity index (χ2n) is 4.61. The van der Waals surface area contributed by atoms with Crippen molar-refractivity contribution in [2.45, 2.75) is 26.1 Å². The molecule has 126 valence electrons. The zero-order chi connectivity index (χ0) is 18.2. The molecule has 0 spiro atoms. The van der Waals surface area contributed by atoms with Crippen LogP contribution in [0.2, 0.25) is 0 Å². The zero-order valence-corrected chi connectivity index (χ0v) is 13.0. The molecule has 1 rings (SSSR count). The van der Waals surface area contributed by atoms with Crippen LogP contribution in [-0.4, -0.2) is 18.4 Å². The first-order chi connectivity index (χ1) is 11.3. The minimum absolute atomic E-state index is 0.119. The summed E-state index contributed by atoms with van der Waals surface area (Å²) in [5, 5.41) is 4.90. The number of halogens is 3. The van der Waals surface area contributed by atoms with Gasteiger partial charge in [0, 0.05) is 6.54 Å². The van der Waals surface area contributed by atoms with E-state index >= 15 is 0 Å². The second kappa shape index (κ2) is 8.64. The molecular weight excluding hydrogens is 321 g/mol. The zero-order valence-electron chi connectivity index (χ0n) is 13.0. The van der Waals surface area contributed by atoms with Crippen molar-refractivity contribution >= 4 is 11.8 Å². The molecule has 0 bridgehead atoms. The molecule has 0 aliphatic heterocycles. The lowest BCUT2D eigenvalue weighted by Gasteiger charge is -2.19. The van der Waals surface area contributed by atoms with Crippen LogP contribution in [0.4, 0.5) is 13.2 Å². The SMILES string of the molecule is CC#CC(=O)NC[C@H](NC(=O)C#CC)c1cccc(C(F)(F)F)c1. The summed E-state index contributed by atoms with van der Waals surface area (Å²) in [6.45, 7) is 2.81. The molecule has 0 saturated heterocycles. The number of hydrogen-bond donors (Lipinski definition) is 2. The molecule has 1 aromatic rings. The monoisotopic (exact) mass is 336 g/mol. The average Bonchev–Trinajstić information content (AvgIpc) is 2.51. The van der Waals surface area contributed by atoms with Crippen LogP contribution < -0.4 is 10.6 Å². The van der Waals surface area contributed by atoms with Gasteiger partial charge in [0.15, 0.2) is 0 Å². The van der Waals surface area contributed by atoms with Gasteiger partial charge in [-0.05, 0) is 43.4 Å². The Kier molecular flexibility index (Phi) is 6.88. The maximum absolute atomic E-state index is 12.8. The number of carbonyl (C=O) groups is 2. The molecule has 0 heterocycles. The molecule has 0 radical (unpaired) electrons. The van der Waals surface area contributed by atoms with Gasteiger partial charge in [0.05, 0.1) is 11.6 Å². The van der Waals surface area contributed by atoms with Gasteiger partial charge in [-0.25, -0.2) is 0 Å². The molecule has 0 aliphatic rings. The van der Waals surface area contributed by atoms with Gasteiger partial charge in [-0.3, -0.25) is 9.59 Å². The highest BCUT2D eigenvalue weighted by Crippen LogP contribution is 2.30. The van der Waals surface area contributed by atoms with Crippen LogP contribution in [0.5, 0.6) is 0 Å². The Hall–Kier alpha value is -2.93. The quantitative estimate of drug-likeness (QED) is 0.827. The molecule has 0 fully saturated rings. The van der Waals surface area contributed by atoms with Crippen LogP contribution in [-0.2, 0) is 15.8 Å². The highest BCUT2D eigenvalue weighted by Gasteiger charge is 2.31. The van der Waals surface area contributed by atoms with Gasteiger partial charge in [0.1, 0.15) is 0 Å². The van der Waals surface area contributed by atoms with Crippen molar-refractivity contribution in [3.8, 4) is 23.7 Å². The molecule has 2 N–H and O–H groups in total. The van der Waals surface area contributed by atoms with Crippen LogP contribution in [0.15, 0.2) is 24.3 Å². The molecule has 0 aromatic heterocycles. The van der Waals surface area contributed by atoms with E-state index in [9.17, 15) is 22.8 Å². The van der Waals surface area contributed by atoms with Gasteiger partial charge in [-0.2, -0.15) is 13.2 Å². The first kappa shape index (κ1) is 19.1. The lowest BCUT2D eigenvalue weighted by molar-refractivity contribution is -0.137. The summed E-state index contributed by atoms with van der Waals surface area (Å²) < 4.78 is 38.5. The van der Waals surface area contributed by atoms with Gasteiger partial charge in [-0.1, -0.05) is 24.0 Å². The van der Waals surface area contributed by atoms with E-state index in [-0.39, 0.29) is 12.1 Å². The molecular formula is C17H15F3N2O2. The number of nitrogens with one attached hydrogen (secondary N) is 2. The Morgan fingerprint density at radius 1 is 1.12 bits per heavy atom. The summed E-state index contributed by atoms with van der Waals surface area (Å²) in [5.41, 5.74) is -0.652. The van der Waals surface area contributed by atoms with E-state index in [1.54, 1.807) is 0 Å². The number of alkyl halides is 3. The summed E-state index contributed by atoms with van der Waals surface area (Å²) in [7, 11) is 0. The van der Waals surface area contributed by atoms with Gasteiger partial charge in [-0.15, -0.1) is 0 Å². The fourth-order valence-corrected chi connectivity index (χ4v) is 1.84. The highest BCUT2D eigenvalue weighted by atomic mass is 19.4. The third kappa shape index (κ3) is 6.05. The third-order valence-corrected chi connectivity index (χ3v) is 2.87. The van der Waals surface area contributed by atoms with Crippen molar-refractivity contribution in [3.63, 3.8) is 0 Å². The van der Waals surface area contributed by atoms with Crippen molar-refractivity contribution in [1.29, 1.82) is 0 Å². The fraction of sp³-hybridized carbons (Fsp3) is 0.294.